The Morgan fingerprint density at radius 3 is 2.52 bits per heavy atom. The summed E-state index contributed by atoms with van der Waals surface area (Å²) in [6.07, 6.45) is 0. The molecule has 1 N–H and O–H groups in total. The SMILES string of the molecule is CCN(CC(=O)Nc1cc(Cl)ccc1Cl)c1ccccc1. The Labute approximate surface area is 134 Å². The number of para-hydroxylation sites is 1. The number of nitrogens with one attached hydrogen (secondary N) is 1. The monoisotopic (exact) mass is 322 g/mol. The fourth-order valence-electron chi connectivity index (χ4n) is 1.98. The first-order valence-electron chi connectivity index (χ1n) is 6.65. The van der Waals surface area contributed by atoms with Crippen molar-refractivity contribution in [1.82, 2.24) is 0 Å². The summed E-state index contributed by atoms with van der Waals surface area (Å²) in [5, 5.41) is 3.79. The Kier molecular flexibility index (Phi) is 5.48. The number of hydrogen-bond donors (Lipinski definition) is 1. The van der Waals surface area contributed by atoms with Gasteiger partial charge in [-0.25, -0.2) is 0 Å². The summed E-state index contributed by atoms with van der Waals surface area (Å²) >= 11 is 11.9. The highest BCUT2D eigenvalue weighted by atomic mass is 35.5. The molecule has 5 heteroatoms. The van der Waals surface area contributed by atoms with E-state index in [9.17, 15) is 4.79 Å². The second-order valence-electron chi connectivity index (χ2n) is 4.52. The quantitative estimate of drug-likeness (QED) is 0.881. The molecule has 0 atom stereocenters. The fraction of sp³-hybridized carbons (Fsp3) is 0.188. The highest BCUT2D eigenvalue weighted by Crippen LogP contribution is 2.25. The van der Waals surface area contributed by atoms with Gasteiger partial charge in [0, 0.05) is 17.3 Å². The molecule has 0 saturated heterocycles. The molecule has 2 aromatic rings. The molecule has 1 amide bonds. The van der Waals surface area contributed by atoms with Gasteiger partial charge in [-0.05, 0) is 37.3 Å². The minimum absolute atomic E-state index is 0.134. The Morgan fingerprint density at radius 1 is 1.14 bits per heavy atom. The smallest absolute Gasteiger partial charge is 0.243 e. The van der Waals surface area contributed by atoms with E-state index in [-0.39, 0.29) is 12.5 Å². The maximum absolute atomic E-state index is 12.2. The lowest BCUT2D eigenvalue weighted by Crippen LogP contribution is -2.33. The normalized spacial score (nSPS) is 10.2. The fourth-order valence-corrected chi connectivity index (χ4v) is 2.32. The molecule has 3 nitrogen and oxygen atoms in total. The zero-order valence-corrected chi connectivity index (χ0v) is 13.2. The minimum Gasteiger partial charge on any atom is -0.362 e. The molecule has 0 fully saturated rings. The van der Waals surface area contributed by atoms with E-state index in [0.717, 1.165) is 12.2 Å². The highest BCUT2D eigenvalue weighted by molar-refractivity contribution is 6.35. The van der Waals surface area contributed by atoms with Crippen LogP contribution >= 0.6 is 23.2 Å². The van der Waals surface area contributed by atoms with E-state index in [4.69, 9.17) is 23.2 Å². The Hall–Kier alpha value is -1.71. The zero-order chi connectivity index (χ0) is 15.2. The maximum atomic E-state index is 12.2. The van der Waals surface area contributed by atoms with Crippen molar-refractivity contribution >= 4 is 40.5 Å². The van der Waals surface area contributed by atoms with E-state index in [1.807, 2.05) is 42.2 Å². The number of benzene rings is 2. The number of carbonyl (C=O) groups is 1. The average Bonchev–Trinajstić information content (AvgIpc) is 2.49. The first kappa shape index (κ1) is 15.7. The van der Waals surface area contributed by atoms with E-state index in [2.05, 4.69) is 5.32 Å². The van der Waals surface area contributed by atoms with E-state index in [1.54, 1.807) is 18.2 Å². The van der Waals surface area contributed by atoms with Gasteiger partial charge in [0.25, 0.3) is 0 Å². The van der Waals surface area contributed by atoms with Crippen molar-refractivity contribution in [3.05, 3.63) is 58.6 Å². The molecule has 21 heavy (non-hydrogen) atoms. The van der Waals surface area contributed by atoms with Gasteiger partial charge in [-0.3, -0.25) is 4.79 Å². The van der Waals surface area contributed by atoms with E-state index >= 15 is 0 Å². The summed E-state index contributed by atoms with van der Waals surface area (Å²) in [5.41, 5.74) is 1.53. The predicted octanol–water partition coefficient (Wildman–Crippen LogP) is 4.46. The van der Waals surface area contributed by atoms with Crippen molar-refractivity contribution < 1.29 is 4.79 Å². The lowest BCUT2D eigenvalue weighted by Gasteiger charge is -2.22. The zero-order valence-electron chi connectivity index (χ0n) is 11.6. The van der Waals surface area contributed by atoms with Crippen LogP contribution in [0.5, 0.6) is 0 Å². The maximum Gasteiger partial charge on any atom is 0.243 e. The molecule has 0 bridgehead atoms. The molecule has 110 valence electrons. The molecule has 0 spiro atoms. The first-order chi connectivity index (χ1) is 10.1. The van der Waals surface area contributed by atoms with Crippen LogP contribution in [0.1, 0.15) is 6.92 Å². The van der Waals surface area contributed by atoms with Crippen molar-refractivity contribution in [2.75, 3.05) is 23.3 Å². The summed E-state index contributed by atoms with van der Waals surface area (Å²) in [6, 6.07) is 14.8. The van der Waals surface area contributed by atoms with Gasteiger partial charge in [0.15, 0.2) is 0 Å². The summed E-state index contributed by atoms with van der Waals surface area (Å²) in [5.74, 6) is -0.134. The Balaban J connectivity index is 2.05. The number of nitrogens with zero attached hydrogens (tertiary/aromatic N) is 1. The van der Waals surface area contributed by atoms with Crippen molar-refractivity contribution in [2.45, 2.75) is 6.92 Å². The summed E-state index contributed by atoms with van der Waals surface area (Å²) in [7, 11) is 0. The van der Waals surface area contributed by atoms with Gasteiger partial charge < -0.3 is 10.2 Å². The average molecular weight is 323 g/mol. The molecule has 0 aromatic heterocycles. The van der Waals surface area contributed by atoms with Crippen molar-refractivity contribution in [3.63, 3.8) is 0 Å². The molecule has 2 rings (SSSR count). The van der Waals surface area contributed by atoms with Crippen LogP contribution in [0.4, 0.5) is 11.4 Å². The van der Waals surface area contributed by atoms with Crippen LogP contribution in [0.25, 0.3) is 0 Å². The van der Waals surface area contributed by atoms with Gasteiger partial charge in [-0.1, -0.05) is 41.4 Å². The summed E-state index contributed by atoms with van der Waals surface area (Å²) < 4.78 is 0. The molecule has 0 radical (unpaired) electrons. The van der Waals surface area contributed by atoms with Crippen LogP contribution in [-0.2, 0) is 4.79 Å². The Morgan fingerprint density at radius 2 is 1.86 bits per heavy atom. The molecular weight excluding hydrogens is 307 g/mol. The first-order valence-corrected chi connectivity index (χ1v) is 7.40. The predicted molar refractivity (Wildman–Crippen MR) is 89.4 cm³/mol. The van der Waals surface area contributed by atoms with Gasteiger partial charge in [-0.2, -0.15) is 0 Å². The second-order valence-corrected chi connectivity index (χ2v) is 5.37. The van der Waals surface area contributed by atoms with E-state index in [0.29, 0.717) is 15.7 Å². The van der Waals surface area contributed by atoms with Crippen molar-refractivity contribution in [1.29, 1.82) is 0 Å². The molecular formula is C16H16Cl2N2O. The van der Waals surface area contributed by atoms with Gasteiger partial charge in [-0.15, -0.1) is 0 Å². The largest absolute Gasteiger partial charge is 0.362 e. The number of carbonyl (C=O) groups excluding carboxylic acids is 1. The van der Waals surface area contributed by atoms with Crippen LogP contribution in [0.15, 0.2) is 48.5 Å². The topological polar surface area (TPSA) is 32.3 Å². The number of rotatable bonds is 5. The number of halogens is 2. The van der Waals surface area contributed by atoms with Crippen LogP contribution in [0, 0.1) is 0 Å². The van der Waals surface area contributed by atoms with Gasteiger partial charge in [0.2, 0.25) is 5.91 Å². The minimum atomic E-state index is -0.134. The van der Waals surface area contributed by atoms with Crippen LogP contribution in [0.2, 0.25) is 10.0 Å². The lowest BCUT2D eigenvalue weighted by atomic mass is 10.2. The third-order valence-electron chi connectivity index (χ3n) is 3.04. The van der Waals surface area contributed by atoms with Crippen LogP contribution in [-0.4, -0.2) is 19.0 Å². The lowest BCUT2D eigenvalue weighted by molar-refractivity contribution is -0.115. The van der Waals surface area contributed by atoms with Gasteiger partial charge in [0.05, 0.1) is 17.3 Å². The molecule has 0 heterocycles. The molecule has 0 unspecified atom stereocenters. The third kappa shape index (κ3) is 4.38. The molecule has 0 aliphatic carbocycles. The standard InChI is InChI=1S/C16H16Cl2N2O/c1-2-20(13-6-4-3-5-7-13)11-16(21)19-15-10-12(17)8-9-14(15)18/h3-10H,2,11H2,1H3,(H,19,21). The van der Waals surface area contributed by atoms with E-state index < -0.39 is 0 Å². The second kappa shape index (κ2) is 7.34. The van der Waals surface area contributed by atoms with E-state index in [1.165, 1.54) is 0 Å². The highest BCUT2D eigenvalue weighted by Gasteiger charge is 2.11. The summed E-state index contributed by atoms with van der Waals surface area (Å²) in [4.78, 5) is 14.1. The van der Waals surface area contributed by atoms with Gasteiger partial charge >= 0.3 is 0 Å². The van der Waals surface area contributed by atoms with Crippen LogP contribution in [0.3, 0.4) is 0 Å². The van der Waals surface area contributed by atoms with Gasteiger partial charge in [0.1, 0.15) is 0 Å². The summed E-state index contributed by atoms with van der Waals surface area (Å²) in [6.45, 7) is 3.00. The number of anilines is 2. The van der Waals surface area contributed by atoms with Crippen molar-refractivity contribution in [3.8, 4) is 0 Å². The molecule has 2 aromatic carbocycles. The molecule has 0 saturated carbocycles. The van der Waals surface area contributed by atoms with Crippen molar-refractivity contribution in [2.24, 2.45) is 0 Å². The van der Waals surface area contributed by atoms with Crippen LogP contribution < -0.4 is 10.2 Å². The number of amides is 1. The number of hydrogen-bond acceptors (Lipinski definition) is 2. The third-order valence-corrected chi connectivity index (χ3v) is 3.60. The Bertz CT molecular complexity index is 617. The molecule has 0 aliphatic heterocycles. The number of likely N-dealkylation sites (N-methyl/N-ethyl adjacent to an activating group) is 1. The molecule has 0 aliphatic rings.